The molecule has 0 saturated heterocycles. The van der Waals surface area contributed by atoms with Crippen molar-refractivity contribution in [2.75, 3.05) is 5.75 Å². The van der Waals surface area contributed by atoms with Crippen molar-refractivity contribution in [3.8, 4) is 0 Å². The Hall–Kier alpha value is -1.35. The van der Waals surface area contributed by atoms with Crippen LogP contribution in [0.2, 0.25) is 0 Å². The van der Waals surface area contributed by atoms with E-state index in [4.69, 9.17) is 0 Å². The Kier molecular flexibility index (Phi) is 7.29. The largest absolute Gasteiger partial charge is 0.229 e. The summed E-state index contributed by atoms with van der Waals surface area (Å²) in [7, 11) is -2.85. The molecule has 2 aromatic carbocycles. The van der Waals surface area contributed by atoms with Crippen LogP contribution in [0, 0.1) is 0 Å². The molecule has 0 N–H and O–H groups in total. The third-order valence-electron chi connectivity index (χ3n) is 4.72. The van der Waals surface area contributed by atoms with Gasteiger partial charge in [-0.25, -0.2) is 8.42 Å². The molecule has 0 heterocycles. The highest BCUT2D eigenvalue weighted by Crippen LogP contribution is 2.20. The van der Waals surface area contributed by atoms with Crippen LogP contribution >= 0.6 is 0 Å². The summed E-state index contributed by atoms with van der Waals surface area (Å²) >= 11 is 0. The predicted octanol–water partition coefficient (Wildman–Crippen LogP) is 5.55. The topological polar surface area (TPSA) is 34.1 Å². The molecule has 3 heteroatoms. The lowest BCUT2D eigenvalue weighted by Crippen LogP contribution is -2.17. The highest BCUT2D eigenvalue weighted by atomic mass is 32.2. The van der Waals surface area contributed by atoms with E-state index in [1.807, 2.05) is 0 Å². The van der Waals surface area contributed by atoms with Gasteiger partial charge in [0.2, 0.25) is 0 Å². The molecule has 2 aromatic rings. The van der Waals surface area contributed by atoms with Gasteiger partial charge < -0.3 is 0 Å². The fourth-order valence-electron chi connectivity index (χ4n) is 3.07. The number of hydrogen-bond acceptors (Lipinski definition) is 2. The Balaban J connectivity index is 1.63. The molecule has 0 unspecified atom stereocenters. The second-order valence-electron chi connectivity index (χ2n) is 6.93. The number of sulfone groups is 1. The Bertz CT molecular complexity index is 727. The molecule has 0 aliphatic rings. The number of benzene rings is 2. The molecule has 0 radical (unpaired) electrons. The van der Waals surface area contributed by atoms with Crippen molar-refractivity contribution >= 4 is 20.6 Å². The van der Waals surface area contributed by atoms with Crippen LogP contribution in [-0.2, 0) is 16.3 Å². The summed E-state index contributed by atoms with van der Waals surface area (Å²) in [6, 6.07) is 15.1. The summed E-state index contributed by atoms with van der Waals surface area (Å²) < 4.78 is 23.5. The van der Waals surface area contributed by atoms with Gasteiger partial charge in [0.15, 0.2) is 9.84 Å². The van der Waals surface area contributed by atoms with Gasteiger partial charge >= 0.3 is 0 Å². The first-order valence-corrected chi connectivity index (χ1v) is 10.9. The SMILES string of the molecule is CC(C)S(=O)(=O)CCCCCCCCc1cccc2ccccc12. The van der Waals surface area contributed by atoms with E-state index in [-0.39, 0.29) is 5.25 Å². The van der Waals surface area contributed by atoms with Crippen molar-refractivity contribution in [2.45, 2.75) is 64.0 Å². The molecule has 0 spiro atoms. The standard InChI is InChI=1S/C21H30O2S/c1-18(2)24(22,23)17-10-6-4-3-5-7-12-19-14-11-15-20-13-8-9-16-21(19)20/h8-9,11,13-16,18H,3-7,10,12,17H2,1-2H3. The van der Waals surface area contributed by atoms with Gasteiger partial charge in [-0.1, -0.05) is 68.1 Å². The zero-order valence-corrected chi connectivity index (χ0v) is 15.8. The fourth-order valence-corrected chi connectivity index (χ4v) is 4.15. The van der Waals surface area contributed by atoms with E-state index in [2.05, 4.69) is 42.5 Å². The van der Waals surface area contributed by atoms with Crippen molar-refractivity contribution in [3.05, 3.63) is 48.0 Å². The Labute approximate surface area is 147 Å². The Morgan fingerprint density at radius 3 is 2.17 bits per heavy atom. The van der Waals surface area contributed by atoms with Gasteiger partial charge in [0.1, 0.15) is 0 Å². The van der Waals surface area contributed by atoms with Crippen LogP contribution in [0.4, 0.5) is 0 Å². The monoisotopic (exact) mass is 346 g/mol. The minimum atomic E-state index is -2.85. The van der Waals surface area contributed by atoms with E-state index in [0.29, 0.717) is 5.75 Å². The average Bonchev–Trinajstić information content (AvgIpc) is 2.57. The molecule has 0 aromatic heterocycles. The predicted molar refractivity (Wildman–Crippen MR) is 104 cm³/mol. The average molecular weight is 347 g/mol. The maximum Gasteiger partial charge on any atom is 0.152 e. The highest BCUT2D eigenvalue weighted by Gasteiger charge is 2.14. The summed E-state index contributed by atoms with van der Waals surface area (Å²) in [4.78, 5) is 0. The first-order valence-electron chi connectivity index (χ1n) is 9.19. The van der Waals surface area contributed by atoms with Crippen LogP contribution in [0.1, 0.15) is 57.9 Å². The number of hydrogen-bond donors (Lipinski definition) is 0. The highest BCUT2D eigenvalue weighted by molar-refractivity contribution is 7.91. The van der Waals surface area contributed by atoms with Gasteiger partial charge in [0.25, 0.3) is 0 Å². The second-order valence-corrected chi connectivity index (χ2v) is 9.60. The van der Waals surface area contributed by atoms with E-state index in [1.165, 1.54) is 35.6 Å². The van der Waals surface area contributed by atoms with Gasteiger partial charge in [0.05, 0.1) is 11.0 Å². The van der Waals surface area contributed by atoms with Gasteiger partial charge in [-0.2, -0.15) is 0 Å². The van der Waals surface area contributed by atoms with Crippen molar-refractivity contribution in [1.29, 1.82) is 0 Å². The molecule has 0 atom stereocenters. The van der Waals surface area contributed by atoms with Crippen molar-refractivity contribution in [3.63, 3.8) is 0 Å². The molecule has 0 aliphatic carbocycles. The molecule has 0 fully saturated rings. The quantitative estimate of drug-likeness (QED) is 0.529. The molecule has 2 nitrogen and oxygen atoms in total. The van der Waals surface area contributed by atoms with E-state index >= 15 is 0 Å². The molecule has 24 heavy (non-hydrogen) atoms. The van der Waals surface area contributed by atoms with Crippen molar-refractivity contribution in [2.24, 2.45) is 0 Å². The maximum atomic E-state index is 11.7. The zero-order valence-electron chi connectivity index (χ0n) is 15.0. The minimum absolute atomic E-state index is 0.238. The fraction of sp³-hybridized carbons (Fsp3) is 0.524. The molecule has 0 bridgehead atoms. The van der Waals surface area contributed by atoms with E-state index in [9.17, 15) is 8.42 Å². The molecule has 2 rings (SSSR count). The van der Waals surface area contributed by atoms with Gasteiger partial charge in [-0.05, 0) is 49.4 Å². The molecular formula is C21H30O2S. The third kappa shape index (κ3) is 5.62. The van der Waals surface area contributed by atoms with Crippen LogP contribution in [-0.4, -0.2) is 19.4 Å². The number of unbranched alkanes of at least 4 members (excludes halogenated alkanes) is 5. The van der Waals surface area contributed by atoms with Crippen LogP contribution in [0.25, 0.3) is 10.8 Å². The van der Waals surface area contributed by atoms with Crippen LogP contribution in [0.3, 0.4) is 0 Å². The summed E-state index contributed by atoms with van der Waals surface area (Å²) in [6.45, 7) is 3.53. The van der Waals surface area contributed by atoms with E-state index in [0.717, 1.165) is 25.7 Å². The lowest BCUT2D eigenvalue weighted by atomic mass is 9.99. The van der Waals surface area contributed by atoms with E-state index in [1.54, 1.807) is 13.8 Å². The first kappa shape index (κ1) is 19.0. The first-order chi connectivity index (χ1) is 11.5. The smallest absolute Gasteiger partial charge is 0.152 e. The summed E-state index contributed by atoms with van der Waals surface area (Å²) in [5.74, 6) is 0.348. The van der Waals surface area contributed by atoms with Crippen LogP contribution < -0.4 is 0 Å². The lowest BCUT2D eigenvalue weighted by molar-refractivity contribution is 0.574. The summed E-state index contributed by atoms with van der Waals surface area (Å²) in [6.07, 6.45) is 7.74. The third-order valence-corrected chi connectivity index (χ3v) is 7.02. The second kappa shape index (κ2) is 9.22. The van der Waals surface area contributed by atoms with Crippen molar-refractivity contribution < 1.29 is 8.42 Å². The number of aryl methyl sites for hydroxylation is 1. The van der Waals surface area contributed by atoms with Crippen LogP contribution in [0.15, 0.2) is 42.5 Å². The zero-order chi connectivity index (χ0) is 17.4. The minimum Gasteiger partial charge on any atom is -0.229 e. The van der Waals surface area contributed by atoms with Crippen molar-refractivity contribution in [1.82, 2.24) is 0 Å². The molecule has 0 amide bonds. The van der Waals surface area contributed by atoms with Gasteiger partial charge in [0, 0.05) is 0 Å². The Morgan fingerprint density at radius 2 is 1.42 bits per heavy atom. The van der Waals surface area contributed by atoms with Gasteiger partial charge in [-0.3, -0.25) is 0 Å². The van der Waals surface area contributed by atoms with Gasteiger partial charge in [-0.15, -0.1) is 0 Å². The van der Waals surface area contributed by atoms with E-state index < -0.39 is 9.84 Å². The molecule has 132 valence electrons. The Morgan fingerprint density at radius 1 is 0.792 bits per heavy atom. The lowest BCUT2D eigenvalue weighted by Gasteiger charge is -2.08. The molecule has 0 aliphatic heterocycles. The molecule has 0 saturated carbocycles. The summed E-state index contributed by atoms with van der Waals surface area (Å²) in [5, 5.41) is 2.46. The number of fused-ring (bicyclic) bond motifs is 1. The number of rotatable bonds is 10. The maximum absolute atomic E-state index is 11.7. The molecular weight excluding hydrogens is 316 g/mol. The normalized spacial score (nSPS) is 12.1. The summed E-state index contributed by atoms with van der Waals surface area (Å²) in [5.41, 5.74) is 1.44. The van der Waals surface area contributed by atoms with Crippen LogP contribution in [0.5, 0.6) is 0 Å².